The zero-order chi connectivity index (χ0) is 75.9. The summed E-state index contributed by atoms with van der Waals surface area (Å²) in [4.78, 5) is 126. The molecule has 1 unspecified atom stereocenters. The number of halogens is 1. The number of carbonyl (C=O) groups is 8. The number of carbonyl (C=O) groups excluding carboxylic acids is 7. The molecule has 0 spiro atoms. The molecule has 0 aliphatic carbocycles. The molecule has 5 aromatic carbocycles. The van der Waals surface area contributed by atoms with Crippen molar-refractivity contribution in [3.05, 3.63) is 179 Å². The normalized spacial score (nSPS) is 10.1. The van der Waals surface area contributed by atoms with E-state index < -0.39 is 46.7 Å². The lowest BCUT2D eigenvalue weighted by atomic mass is 10.0. The molecule has 0 aliphatic heterocycles. The van der Waals surface area contributed by atoms with Gasteiger partial charge in [0, 0.05) is 51.4 Å². The molecular formula is C74H86ClN5O22. The first-order valence-corrected chi connectivity index (χ1v) is 31.3. The highest BCUT2D eigenvalue weighted by molar-refractivity contribution is 6.00. The molecule has 8 aromatic rings. The number of phenolic OH excluding ortho intramolecular Hbond substituents is 2. The number of nitrogens with two attached hydrogens (primary N) is 4. The quantitative estimate of drug-likeness (QED) is 0.00901. The number of esters is 5. The Morgan fingerprint density at radius 1 is 0.500 bits per heavy atom. The molecule has 1 amide bonds. The largest absolute Gasteiger partial charge is 0.508 e. The molecule has 28 heteroatoms. The van der Waals surface area contributed by atoms with E-state index in [1.807, 2.05) is 0 Å². The molecule has 0 bridgehead atoms. The van der Waals surface area contributed by atoms with Crippen LogP contribution in [0.3, 0.4) is 0 Å². The molecule has 102 heavy (non-hydrogen) atoms. The van der Waals surface area contributed by atoms with Gasteiger partial charge in [0.05, 0.1) is 101 Å². The summed E-state index contributed by atoms with van der Waals surface area (Å²) in [6, 6.07) is 28.3. The minimum atomic E-state index is -1.06. The van der Waals surface area contributed by atoms with Crippen LogP contribution in [0.2, 0.25) is 0 Å². The summed E-state index contributed by atoms with van der Waals surface area (Å²) in [5, 5.41) is 31.3. The van der Waals surface area contributed by atoms with Gasteiger partial charge in [-0.15, -0.1) is 25.3 Å². The van der Waals surface area contributed by atoms with Gasteiger partial charge in [0.15, 0.2) is 0 Å². The van der Waals surface area contributed by atoms with Crippen LogP contribution in [0.5, 0.6) is 11.5 Å². The lowest BCUT2D eigenvalue weighted by Crippen LogP contribution is -2.28. The number of aliphatic carboxylic acids is 1. The summed E-state index contributed by atoms with van der Waals surface area (Å²) < 4.78 is 39.5. The van der Waals surface area contributed by atoms with Crippen LogP contribution in [-0.2, 0) is 94.1 Å². The lowest BCUT2D eigenvalue weighted by Gasteiger charge is -2.11. The Morgan fingerprint density at radius 3 is 1.27 bits per heavy atom. The summed E-state index contributed by atoms with van der Waals surface area (Å²) in [6.45, 7) is 16.9. The van der Waals surface area contributed by atoms with E-state index in [9.17, 15) is 52.7 Å². The maximum absolute atomic E-state index is 12.2. The summed E-state index contributed by atoms with van der Waals surface area (Å²) in [5.74, 6) is -0.213. The second-order valence-corrected chi connectivity index (χ2v) is 21.1. The minimum absolute atomic E-state index is 0. The maximum atomic E-state index is 12.2. The molecule has 8 rings (SSSR count). The number of Topliss-reactive ketones (excluding diaryl/α,β-unsaturated/α-hetero) is 1. The zero-order valence-corrected chi connectivity index (χ0v) is 58.9. The van der Waals surface area contributed by atoms with Crippen LogP contribution in [0, 0.1) is 51.4 Å². The Bertz CT molecular complexity index is 4430. The number of nitrogens with one attached hydrogen (secondary N) is 1. The van der Waals surface area contributed by atoms with E-state index in [4.69, 9.17) is 72.1 Å². The number of carboxylic acids is 1. The van der Waals surface area contributed by atoms with E-state index in [0.29, 0.717) is 92.3 Å². The van der Waals surface area contributed by atoms with Crippen LogP contribution in [0.1, 0.15) is 92.5 Å². The molecule has 546 valence electrons. The molecule has 0 saturated heterocycles. The van der Waals surface area contributed by atoms with Crippen molar-refractivity contribution in [3.63, 3.8) is 0 Å². The standard InChI is InChI=1S/C18H20O6.C15H14N2O3.C12H11NO4.C10H16O5.C10H12O3.C6H7NO.C3H5N.ClH/c1-4-22-16(19)9-12-6-7-13-11(3)14(10-17(20)23-5-2)18(21)24-15(13)8-12;1-3-6-17-14(18)8-12-9(2)11-5-4-10(16)7-13(11)20-15(12)19;1-6-8-3-2-7(13)4-10(8)17-12(16)9(6)5-11(14)15;1-4-14-9(12)6-8(7(3)11)10(13)15-5-2;1-2-13-10(12)7-8-4-3-5-9(11)6-8;7-5-2-1-3-6(8)4-5;1-2-3-4;/h6-8H,4-5,9-10H2,1-3H3;1,4-5,7H,6,8,16H2,2H3,(H,17,18);2-4H,5,13H2,1H3,(H,14,15);8H,4-6H2,1-3H3;3-6,11H,2,7H2,1H3;1-4,8H,7H2;1H,3-4H2;1H. The highest BCUT2D eigenvalue weighted by Gasteiger charge is 2.28. The highest BCUT2D eigenvalue weighted by atomic mass is 35.5. The van der Waals surface area contributed by atoms with Gasteiger partial charge in [-0.1, -0.05) is 42.2 Å². The fourth-order valence-corrected chi connectivity index (χ4v) is 8.83. The molecule has 1 atom stereocenters. The van der Waals surface area contributed by atoms with Gasteiger partial charge >= 0.3 is 52.7 Å². The van der Waals surface area contributed by atoms with E-state index >= 15 is 0 Å². The fourth-order valence-electron chi connectivity index (χ4n) is 8.83. The van der Waals surface area contributed by atoms with Crippen LogP contribution in [0.25, 0.3) is 32.9 Å². The Balaban J connectivity index is 0.000000618. The Hall–Kier alpha value is -11.9. The van der Waals surface area contributed by atoms with E-state index in [-0.39, 0.29) is 118 Å². The Labute approximate surface area is 594 Å². The third-order valence-corrected chi connectivity index (χ3v) is 13.6. The molecule has 27 nitrogen and oxygen atoms in total. The number of aromatic hydroxyl groups is 2. The number of aryl methyl sites for hydroxylation is 3. The van der Waals surface area contributed by atoms with Gasteiger partial charge in [-0.2, -0.15) is 0 Å². The summed E-state index contributed by atoms with van der Waals surface area (Å²) in [7, 11) is 0. The number of amides is 1. The number of ketones is 1. The summed E-state index contributed by atoms with van der Waals surface area (Å²) >= 11 is 0. The smallest absolute Gasteiger partial charge is 0.340 e. The first-order valence-electron chi connectivity index (χ1n) is 31.3. The van der Waals surface area contributed by atoms with Crippen molar-refractivity contribution in [1.82, 2.24) is 5.32 Å². The number of carboxylic acid groups (broad SMARTS) is 1. The summed E-state index contributed by atoms with van der Waals surface area (Å²) in [6.07, 6.45) is 9.26. The first-order chi connectivity index (χ1) is 47.9. The number of ether oxygens (including phenoxy) is 5. The van der Waals surface area contributed by atoms with Crippen molar-refractivity contribution >= 4 is 110 Å². The minimum Gasteiger partial charge on any atom is -0.508 e. The van der Waals surface area contributed by atoms with Crippen LogP contribution < -0.4 is 45.1 Å². The molecule has 0 radical (unpaired) electrons. The molecule has 3 heterocycles. The topological polar surface area (TPSA) is 450 Å². The number of fused-ring (bicyclic) bond motifs is 3. The average molecular weight is 1430 g/mol. The number of terminal acetylenes is 2. The van der Waals surface area contributed by atoms with Crippen molar-refractivity contribution < 1.29 is 90.6 Å². The second-order valence-electron chi connectivity index (χ2n) is 21.1. The van der Waals surface area contributed by atoms with Gasteiger partial charge in [0.25, 0.3) is 0 Å². The van der Waals surface area contributed by atoms with E-state index in [1.54, 1.807) is 152 Å². The van der Waals surface area contributed by atoms with Crippen LogP contribution >= 0.6 is 12.4 Å². The van der Waals surface area contributed by atoms with Crippen molar-refractivity contribution in [3.8, 4) is 36.2 Å². The first kappa shape index (κ1) is 88.1. The molecule has 3 aromatic heterocycles. The van der Waals surface area contributed by atoms with Crippen molar-refractivity contribution in [1.29, 1.82) is 0 Å². The van der Waals surface area contributed by atoms with E-state index in [2.05, 4.69) is 33.1 Å². The molecule has 0 aliphatic rings. The number of rotatable bonds is 20. The van der Waals surface area contributed by atoms with Gasteiger partial charge < -0.3 is 80.5 Å². The zero-order valence-electron chi connectivity index (χ0n) is 58.1. The average Bonchev–Trinajstić information content (AvgIpc) is 0.806. The van der Waals surface area contributed by atoms with Crippen molar-refractivity contribution in [2.24, 2.45) is 11.7 Å². The van der Waals surface area contributed by atoms with Gasteiger partial charge in [-0.3, -0.25) is 38.4 Å². The van der Waals surface area contributed by atoms with Gasteiger partial charge in [0.2, 0.25) is 5.91 Å². The number of hydrogen-bond acceptors (Lipinski definition) is 25. The number of hydrogen-bond donors (Lipinski definition) is 8. The Morgan fingerprint density at radius 2 is 0.882 bits per heavy atom. The highest BCUT2D eigenvalue weighted by Crippen LogP contribution is 2.25. The van der Waals surface area contributed by atoms with Gasteiger partial charge in [-0.05, 0) is 145 Å². The van der Waals surface area contributed by atoms with Crippen LogP contribution in [-0.4, -0.2) is 109 Å². The molecule has 12 N–H and O–H groups in total. The molecule has 0 fully saturated rings. The number of phenols is 2. The van der Waals surface area contributed by atoms with E-state index in [0.717, 1.165) is 16.3 Å². The van der Waals surface area contributed by atoms with Gasteiger partial charge in [-0.25, -0.2) is 14.4 Å². The fraction of sp³-hybridized carbons (Fsp3) is 0.311. The van der Waals surface area contributed by atoms with Crippen LogP contribution in [0.15, 0.2) is 131 Å². The molecule has 0 saturated carbocycles. The van der Waals surface area contributed by atoms with Gasteiger partial charge in [0.1, 0.15) is 39.9 Å². The SMILES string of the molecule is C#CCN.C#CCNC(=O)Cc1c(C)c2ccc(N)cc2oc1=O.CCOC(=O)CC(C(C)=O)C(=O)OCC.CCOC(=O)Cc1ccc2c(C)c(CC(=O)OCC)c(=O)oc2c1.CCOC(=O)Cc1cccc(O)c1.Cc1c(CC(=O)O)c(=O)oc2cc(N)ccc12.Cl.Nc1cccc(O)c1. The predicted octanol–water partition coefficient (Wildman–Crippen LogP) is 7.78. The maximum Gasteiger partial charge on any atom is 0.340 e. The second kappa shape index (κ2) is 46.4. The number of benzene rings is 5. The van der Waals surface area contributed by atoms with Crippen molar-refractivity contribution in [2.45, 2.75) is 101 Å². The predicted molar refractivity (Wildman–Crippen MR) is 386 cm³/mol. The third kappa shape index (κ3) is 30.9. The lowest BCUT2D eigenvalue weighted by molar-refractivity contribution is -0.157. The van der Waals surface area contributed by atoms with Crippen molar-refractivity contribution in [2.75, 3.05) is 63.3 Å². The monoisotopic (exact) mass is 1430 g/mol. The Kier molecular flexibility index (Phi) is 40.0. The number of anilines is 3. The number of nitrogen functional groups attached to an aromatic ring is 3. The van der Waals surface area contributed by atoms with E-state index in [1.165, 1.54) is 13.0 Å². The van der Waals surface area contributed by atoms with Crippen LogP contribution in [0.4, 0.5) is 17.1 Å². The summed E-state index contributed by atoms with van der Waals surface area (Å²) in [5.41, 5.74) is 26.6. The molecular weight excluding hydrogens is 1350 g/mol. The third-order valence-electron chi connectivity index (χ3n) is 13.6.